The van der Waals surface area contributed by atoms with Crippen molar-refractivity contribution in [2.24, 2.45) is 5.92 Å². The first-order chi connectivity index (χ1) is 15.5. The molecule has 0 bridgehead atoms. The highest BCUT2D eigenvalue weighted by molar-refractivity contribution is 7.19. The number of H-pyrrole nitrogens is 1. The summed E-state index contributed by atoms with van der Waals surface area (Å²) in [6, 6.07) is 10.3. The van der Waals surface area contributed by atoms with Gasteiger partial charge in [-0.05, 0) is 42.7 Å². The summed E-state index contributed by atoms with van der Waals surface area (Å²) in [5, 5.41) is 6.27. The van der Waals surface area contributed by atoms with E-state index in [0.717, 1.165) is 32.3 Å². The van der Waals surface area contributed by atoms with E-state index in [-0.39, 0.29) is 11.6 Å². The topological polar surface area (TPSA) is 76.2 Å². The minimum Gasteiger partial charge on any atom is -0.486 e. The van der Waals surface area contributed by atoms with E-state index in [1.54, 1.807) is 11.3 Å². The normalized spacial score (nSPS) is 14.2. The van der Waals surface area contributed by atoms with Crippen molar-refractivity contribution in [3.8, 4) is 21.9 Å². The van der Waals surface area contributed by atoms with Gasteiger partial charge in [-0.25, -0.2) is 4.98 Å². The highest BCUT2D eigenvalue weighted by atomic mass is 32.1. The molecule has 0 spiro atoms. The quantitative estimate of drug-likeness (QED) is 0.403. The summed E-state index contributed by atoms with van der Waals surface area (Å²) < 4.78 is 11.4. The monoisotopic (exact) mass is 467 g/mol. The fourth-order valence-electron chi connectivity index (χ4n) is 4.04. The standard InChI is InChI=1S/C24H25N3O3S2/c1-13(2)22(15-5-6-17-18(10-15)30-9-8-29-17)25-11-20-26-23(28)21-16(12-31-24(21)27-20)19-7-4-14(3)32-19/h4-7,10,12-13,22,25H,8-9,11H2,1-3H3,(H,26,27,28). The number of hydrogen-bond acceptors (Lipinski definition) is 7. The summed E-state index contributed by atoms with van der Waals surface area (Å²) in [7, 11) is 0. The van der Waals surface area contributed by atoms with Crippen LogP contribution in [0.15, 0.2) is 40.5 Å². The van der Waals surface area contributed by atoms with Crippen LogP contribution in [-0.4, -0.2) is 23.2 Å². The first kappa shape index (κ1) is 21.2. The molecule has 5 rings (SSSR count). The third-order valence-corrected chi connectivity index (χ3v) is 7.49. The molecule has 6 nitrogen and oxygen atoms in total. The number of aromatic amines is 1. The van der Waals surface area contributed by atoms with E-state index < -0.39 is 0 Å². The molecule has 166 valence electrons. The van der Waals surface area contributed by atoms with E-state index in [1.165, 1.54) is 16.2 Å². The number of ether oxygens (including phenoxy) is 2. The summed E-state index contributed by atoms with van der Waals surface area (Å²) in [6.07, 6.45) is 0. The predicted molar refractivity (Wildman–Crippen MR) is 130 cm³/mol. The number of rotatable bonds is 6. The van der Waals surface area contributed by atoms with Crippen molar-refractivity contribution in [2.45, 2.75) is 33.4 Å². The minimum absolute atomic E-state index is 0.0832. The molecule has 0 aliphatic carbocycles. The van der Waals surface area contributed by atoms with E-state index in [9.17, 15) is 4.79 Å². The Kier molecular flexibility index (Phi) is 5.75. The number of aromatic nitrogens is 2. The fraction of sp³-hybridized carbons (Fsp3) is 0.333. The maximum absolute atomic E-state index is 12.9. The Morgan fingerprint density at radius 3 is 2.72 bits per heavy atom. The zero-order chi connectivity index (χ0) is 22.2. The molecule has 4 aromatic rings. The number of aryl methyl sites for hydroxylation is 1. The Bertz CT molecular complexity index is 1320. The second kappa shape index (κ2) is 8.69. The highest BCUT2D eigenvalue weighted by Gasteiger charge is 2.20. The van der Waals surface area contributed by atoms with Crippen LogP contribution in [0.5, 0.6) is 11.5 Å². The van der Waals surface area contributed by atoms with Gasteiger partial charge in [-0.1, -0.05) is 19.9 Å². The van der Waals surface area contributed by atoms with Gasteiger partial charge in [0.2, 0.25) is 0 Å². The van der Waals surface area contributed by atoms with Gasteiger partial charge in [-0.3, -0.25) is 4.79 Å². The van der Waals surface area contributed by atoms with Crippen molar-refractivity contribution in [3.05, 3.63) is 62.3 Å². The fourth-order valence-corrected chi connectivity index (χ4v) is 5.96. The average Bonchev–Trinajstić information content (AvgIpc) is 3.40. The van der Waals surface area contributed by atoms with E-state index in [2.05, 4.69) is 49.3 Å². The molecule has 1 atom stereocenters. The van der Waals surface area contributed by atoms with Crippen LogP contribution in [0.3, 0.4) is 0 Å². The van der Waals surface area contributed by atoms with Crippen LogP contribution in [0.25, 0.3) is 20.7 Å². The van der Waals surface area contributed by atoms with Gasteiger partial charge >= 0.3 is 0 Å². The van der Waals surface area contributed by atoms with Gasteiger partial charge in [0.05, 0.1) is 11.9 Å². The smallest absolute Gasteiger partial charge is 0.260 e. The highest BCUT2D eigenvalue weighted by Crippen LogP contribution is 2.36. The zero-order valence-electron chi connectivity index (χ0n) is 18.2. The van der Waals surface area contributed by atoms with Gasteiger partial charge in [0.25, 0.3) is 5.56 Å². The maximum Gasteiger partial charge on any atom is 0.260 e. The molecule has 1 aliphatic rings. The predicted octanol–water partition coefficient (Wildman–Crippen LogP) is 5.28. The Morgan fingerprint density at radius 2 is 1.97 bits per heavy atom. The number of hydrogen-bond donors (Lipinski definition) is 2. The van der Waals surface area contributed by atoms with E-state index >= 15 is 0 Å². The number of benzene rings is 1. The van der Waals surface area contributed by atoms with Crippen LogP contribution in [0, 0.1) is 12.8 Å². The Labute approximate surface area is 194 Å². The molecule has 8 heteroatoms. The molecule has 1 aliphatic heterocycles. The number of fused-ring (bicyclic) bond motifs is 2. The lowest BCUT2D eigenvalue weighted by atomic mass is 9.95. The van der Waals surface area contributed by atoms with Crippen molar-refractivity contribution in [2.75, 3.05) is 13.2 Å². The lowest BCUT2D eigenvalue weighted by Crippen LogP contribution is -2.27. The van der Waals surface area contributed by atoms with Crippen molar-refractivity contribution in [3.63, 3.8) is 0 Å². The van der Waals surface area contributed by atoms with Crippen LogP contribution in [0.4, 0.5) is 0 Å². The van der Waals surface area contributed by atoms with E-state index in [0.29, 0.717) is 36.9 Å². The van der Waals surface area contributed by atoms with Gasteiger partial charge in [0.1, 0.15) is 23.9 Å². The molecular weight excluding hydrogens is 442 g/mol. The minimum atomic E-state index is -0.0884. The van der Waals surface area contributed by atoms with Crippen LogP contribution in [0.2, 0.25) is 0 Å². The van der Waals surface area contributed by atoms with Crippen LogP contribution in [0.1, 0.15) is 36.2 Å². The molecule has 0 fully saturated rings. The summed E-state index contributed by atoms with van der Waals surface area (Å²) in [4.78, 5) is 23.8. The third kappa shape index (κ3) is 4.05. The lowest BCUT2D eigenvalue weighted by Gasteiger charge is -2.25. The van der Waals surface area contributed by atoms with E-state index in [4.69, 9.17) is 14.5 Å². The summed E-state index contributed by atoms with van der Waals surface area (Å²) in [5.41, 5.74) is 2.00. The lowest BCUT2D eigenvalue weighted by molar-refractivity contribution is 0.171. The molecular formula is C24H25N3O3S2. The molecule has 32 heavy (non-hydrogen) atoms. The molecule has 0 radical (unpaired) electrons. The molecule has 4 heterocycles. The Balaban J connectivity index is 1.39. The summed E-state index contributed by atoms with van der Waals surface area (Å²) in [5.74, 6) is 2.54. The number of nitrogens with zero attached hydrogens (tertiary/aromatic N) is 1. The Morgan fingerprint density at radius 1 is 1.16 bits per heavy atom. The number of thiophene rings is 2. The molecule has 3 aromatic heterocycles. The van der Waals surface area contributed by atoms with Crippen molar-refractivity contribution >= 4 is 32.9 Å². The second-order valence-electron chi connectivity index (χ2n) is 8.26. The van der Waals surface area contributed by atoms with E-state index in [1.807, 2.05) is 17.5 Å². The van der Waals surface area contributed by atoms with Crippen molar-refractivity contribution in [1.29, 1.82) is 0 Å². The second-order valence-corrected chi connectivity index (χ2v) is 10.4. The maximum atomic E-state index is 12.9. The molecule has 0 amide bonds. The third-order valence-electron chi connectivity index (χ3n) is 5.58. The largest absolute Gasteiger partial charge is 0.486 e. The first-order valence-corrected chi connectivity index (χ1v) is 12.4. The van der Waals surface area contributed by atoms with Gasteiger partial charge in [-0.2, -0.15) is 0 Å². The van der Waals surface area contributed by atoms with Crippen molar-refractivity contribution in [1.82, 2.24) is 15.3 Å². The van der Waals surface area contributed by atoms with Gasteiger partial charge in [-0.15, -0.1) is 22.7 Å². The summed E-state index contributed by atoms with van der Waals surface area (Å²) in [6.45, 7) is 8.02. The first-order valence-electron chi connectivity index (χ1n) is 10.7. The van der Waals surface area contributed by atoms with Gasteiger partial charge in [0, 0.05) is 26.7 Å². The zero-order valence-corrected chi connectivity index (χ0v) is 19.9. The SMILES string of the molecule is Cc1ccc(-c2csc3nc(CNC(c4ccc5c(c4)OCCO5)C(C)C)[nH]c(=O)c23)s1. The van der Waals surface area contributed by atoms with Crippen LogP contribution in [-0.2, 0) is 6.54 Å². The van der Waals surface area contributed by atoms with Crippen LogP contribution < -0.4 is 20.3 Å². The molecule has 1 unspecified atom stereocenters. The molecule has 1 aromatic carbocycles. The average molecular weight is 468 g/mol. The van der Waals surface area contributed by atoms with Gasteiger partial charge < -0.3 is 19.8 Å². The molecule has 0 saturated carbocycles. The number of nitrogens with one attached hydrogen (secondary N) is 2. The summed E-state index contributed by atoms with van der Waals surface area (Å²) >= 11 is 3.21. The van der Waals surface area contributed by atoms with Gasteiger partial charge in [0.15, 0.2) is 11.5 Å². The molecule has 0 saturated heterocycles. The van der Waals surface area contributed by atoms with Crippen molar-refractivity contribution < 1.29 is 9.47 Å². The van der Waals surface area contributed by atoms with Crippen LogP contribution >= 0.6 is 22.7 Å². The molecule has 2 N–H and O–H groups in total. The Hall–Kier alpha value is -2.68.